The van der Waals surface area contributed by atoms with E-state index < -0.39 is 17.9 Å². The molecule has 4 aliphatic heterocycles. The summed E-state index contributed by atoms with van der Waals surface area (Å²) >= 11 is 5.99. The molecule has 2 aromatic heterocycles. The lowest BCUT2D eigenvalue weighted by atomic mass is 9.91. The summed E-state index contributed by atoms with van der Waals surface area (Å²) in [5, 5.41) is 0.333. The summed E-state index contributed by atoms with van der Waals surface area (Å²) in [5.74, 6) is 1.25. The smallest absolute Gasteiger partial charge is 0.356 e. The van der Waals surface area contributed by atoms with E-state index in [9.17, 15) is 9.18 Å². The number of hydrogen-bond donors (Lipinski definition) is 0. The highest BCUT2D eigenvalue weighted by molar-refractivity contribution is 6.30. The summed E-state index contributed by atoms with van der Waals surface area (Å²) in [6.07, 6.45) is 0.318. The molecule has 4 atom stereocenters. The van der Waals surface area contributed by atoms with E-state index in [2.05, 4.69) is 14.4 Å². The number of imidazole rings is 1. The molecule has 3 unspecified atom stereocenters. The van der Waals surface area contributed by atoms with Crippen LogP contribution in [-0.4, -0.2) is 77.5 Å². The van der Waals surface area contributed by atoms with E-state index in [0.717, 1.165) is 36.5 Å². The van der Waals surface area contributed by atoms with Crippen LogP contribution >= 0.6 is 11.6 Å². The number of ether oxygens (including phenoxy) is 4. The van der Waals surface area contributed by atoms with Crippen LogP contribution in [0.4, 0.5) is 10.1 Å². The zero-order valence-corrected chi connectivity index (χ0v) is 24.2. The van der Waals surface area contributed by atoms with Crippen LogP contribution in [0.25, 0.3) is 11.2 Å². The number of benzene rings is 2. The van der Waals surface area contributed by atoms with Crippen molar-refractivity contribution in [3.8, 4) is 11.5 Å². The molecule has 10 nitrogen and oxygen atoms in total. The predicted octanol–water partition coefficient (Wildman–Crippen LogP) is 4.56. The second-order valence-electron chi connectivity index (χ2n) is 11.3. The lowest BCUT2D eigenvalue weighted by Crippen LogP contribution is -2.61. The molecule has 0 N–H and O–H groups in total. The molecule has 6 heterocycles. The standard InChI is InChI=1S/C31H29ClFN5O5/c1-40-31(39)21-8-7-20-30(35-21)38-27(34-20)15-37-11-10-36(14-23(37)28(38)24-9-12-41-24)22-3-2-4-25-29(22)43-26(16-42-25)18-6-5-17(32)13-19(18)33/h2-8,13,23-24,26,28H,9-12,14-16H2,1H3/t23?,24?,26-,28?/m0/s1. The van der Waals surface area contributed by atoms with Gasteiger partial charge in [-0.1, -0.05) is 23.7 Å². The minimum Gasteiger partial charge on any atom is -0.485 e. The van der Waals surface area contributed by atoms with Gasteiger partial charge in [-0.25, -0.2) is 19.2 Å². The second kappa shape index (κ2) is 10.4. The van der Waals surface area contributed by atoms with Gasteiger partial charge >= 0.3 is 5.97 Å². The number of fused-ring (bicyclic) bond motifs is 5. The van der Waals surface area contributed by atoms with Gasteiger partial charge < -0.3 is 28.4 Å². The zero-order valence-electron chi connectivity index (χ0n) is 23.4. The predicted molar refractivity (Wildman–Crippen MR) is 155 cm³/mol. The zero-order chi connectivity index (χ0) is 29.2. The van der Waals surface area contributed by atoms with Gasteiger partial charge in [0, 0.05) is 36.8 Å². The van der Waals surface area contributed by atoms with Crippen LogP contribution in [-0.2, 0) is 16.0 Å². The number of carbonyl (C=O) groups is 1. The summed E-state index contributed by atoms with van der Waals surface area (Å²) in [4.78, 5) is 26.7. The number of piperazine rings is 1. The maximum Gasteiger partial charge on any atom is 0.356 e. The van der Waals surface area contributed by atoms with Gasteiger partial charge in [0.15, 0.2) is 28.9 Å². The molecule has 43 heavy (non-hydrogen) atoms. The van der Waals surface area contributed by atoms with Gasteiger partial charge in [-0.3, -0.25) is 4.90 Å². The van der Waals surface area contributed by atoms with E-state index in [1.165, 1.54) is 13.2 Å². The van der Waals surface area contributed by atoms with Crippen molar-refractivity contribution in [3.63, 3.8) is 0 Å². The fourth-order valence-electron chi connectivity index (χ4n) is 6.78. The largest absolute Gasteiger partial charge is 0.485 e. The van der Waals surface area contributed by atoms with Gasteiger partial charge in [0.25, 0.3) is 0 Å². The van der Waals surface area contributed by atoms with E-state index in [1.54, 1.807) is 18.2 Å². The molecule has 4 aromatic rings. The third-order valence-electron chi connectivity index (χ3n) is 8.95. The molecule has 12 heteroatoms. The average Bonchev–Trinajstić information content (AvgIpc) is 3.36. The summed E-state index contributed by atoms with van der Waals surface area (Å²) in [5.41, 5.74) is 2.96. The summed E-state index contributed by atoms with van der Waals surface area (Å²) in [7, 11) is 1.35. The van der Waals surface area contributed by atoms with Crippen molar-refractivity contribution in [2.24, 2.45) is 0 Å². The molecule has 0 aliphatic carbocycles. The number of para-hydroxylation sites is 1. The highest BCUT2D eigenvalue weighted by Crippen LogP contribution is 2.46. The van der Waals surface area contributed by atoms with E-state index in [4.69, 9.17) is 40.5 Å². The molecule has 222 valence electrons. The highest BCUT2D eigenvalue weighted by atomic mass is 35.5. The molecule has 2 fully saturated rings. The number of aromatic nitrogens is 3. The Morgan fingerprint density at radius 3 is 2.81 bits per heavy atom. The van der Waals surface area contributed by atoms with Crippen molar-refractivity contribution in [1.82, 2.24) is 19.4 Å². The Balaban J connectivity index is 1.14. The van der Waals surface area contributed by atoms with Crippen LogP contribution in [0.15, 0.2) is 48.5 Å². The molecule has 0 radical (unpaired) electrons. The Morgan fingerprint density at radius 2 is 2.02 bits per heavy atom. The van der Waals surface area contributed by atoms with Crippen molar-refractivity contribution < 1.29 is 28.1 Å². The molecule has 0 spiro atoms. The Labute approximate surface area is 251 Å². The van der Waals surface area contributed by atoms with E-state index >= 15 is 0 Å². The lowest BCUT2D eigenvalue weighted by molar-refractivity contribution is -0.107. The Bertz CT molecular complexity index is 1750. The normalized spacial score (nSPS) is 24.7. The number of carbonyl (C=O) groups excluding carboxylic acids is 1. The maximum absolute atomic E-state index is 14.8. The summed E-state index contributed by atoms with van der Waals surface area (Å²) in [6.45, 7) is 3.83. The van der Waals surface area contributed by atoms with Crippen molar-refractivity contribution in [1.29, 1.82) is 0 Å². The minimum absolute atomic E-state index is 0.00554. The quantitative estimate of drug-likeness (QED) is 0.311. The van der Waals surface area contributed by atoms with Gasteiger partial charge in [0.1, 0.15) is 23.8 Å². The number of pyridine rings is 1. The van der Waals surface area contributed by atoms with Gasteiger partial charge in [0.05, 0.1) is 37.5 Å². The third-order valence-corrected chi connectivity index (χ3v) is 9.18. The number of nitrogens with zero attached hydrogens (tertiary/aromatic N) is 5. The van der Waals surface area contributed by atoms with Crippen LogP contribution in [0.5, 0.6) is 11.5 Å². The van der Waals surface area contributed by atoms with Crippen molar-refractivity contribution in [3.05, 3.63) is 76.5 Å². The first-order chi connectivity index (χ1) is 21.0. The van der Waals surface area contributed by atoms with Crippen LogP contribution in [0, 0.1) is 5.82 Å². The number of anilines is 1. The number of hydrogen-bond acceptors (Lipinski definition) is 9. The van der Waals surface area contributed by atoms with Crippen LogP contribution < -0.4 is 14.4 Å². The molecule has 4 aliphatic rings. The molecular weight excluding hydrogens is 577 g/mol. The number of rotatable bonds is 4. The Hall–Kier alpha value is -3.93. The molecular formula is C31H29ClFN5O5. The third kappa shape index (κ3) is 4.40. The number of esters is 1. The lowest BCUT2D eigenvalue weighted by Gasteiger charge is -2.52. The van der Waals surface area contributed by atoms with Gasteiger partial charge in [-0.2, -0.15) is 0 Å². The minimum atomic E-state index is -0.604. The van der Waals surface area contributed by atoms with Crippen LogP contribution in [0.2, 0.25) is 5.02 Å². The molecule has 0 amide bonds. The molecule has 8 rings (SSSR count). The van der Waals surface area contributed by atoms with E-state index in [0.29, 0.717) is 47.4 Å². The maximum atomic E-state index is 14.8. The second-order valence-corrected chi connectivity index (χ2v) is 11.7. The molecule has 2 aromatic carbocycles. The molecule has 2 saturated heterocycles. The van der Waals surface area contributed by atoms with Crippen LogP contribution in [0.1, 0.15) is 40.4 Å². The summed E-state index contributed by atoms with van der Waals surface area (Å²) in [6, 6.07) is 14.0. The van der Waals surface area contributed by atoms with E-state index in [-0.39, 0.29) is 30.5 Å². The first-order valence-electron chi connectivity index (χ1n) is 14.4. The monoisotopic (exact) mass is 605 g/mol. The molecule has 0 bridgehead atoms. The average molecular weight is 606 g/mol. The Morgan fingerprint density at radius 1 is 1.14 bits per heavy atom. The fourth-order valence-corrected chi connectivity index (χ4v) is 6.94. The fraction of sp³-hybridized carbons (Fsp3) is 0.387. The van der Waals surface area contributed by atoms with E-state index in [1.807, 2.05) is 24.3 Å². The van der Waals surface area contributed by atoms with Gasteiger partial charge in [-0.15, -0.1) is 0 Å². The van der Waals surface area contributed by atoms with Crippen molar-refractivity contribution >= 4 is 34.4 Å². The van der Waals surface area contributed by atoms with Gasteiger partial charge in [-0.05, 0) is 42.8 Å². The van der Waals surface area contributed by atoms with Crippen molar-refractivity contribution in [2.75, 3.05) is 44.9 Å². The van der Waals surface area contributed by atoms with Crippen molar-refractivity contribution in [2.45, 2.75) is 37.3 Å². The Kier molecular flexibility index (Phi) is 6.43. The first kappa shape index (κ1) is 26.7. The van der Waals surface area contributed by atoms with Gasteiger partial charge in [0.2, 0.25) is 0 Å². The van der Waals surface area contributed by atoms with Crippen LogP contribution in [0.3, 0.4) is 0 Å². The first-order valence-corrected chi connectivity index (χ1v) is 14.8. The SMILES string of the molecule is COC(=O)c1ccc2nc3n(c2n1)C(C1CCO1)C1CN(c2cccc4c2O[C@H](c2ccc(Cl)cc2F)CO4)CCN1C3. The number of halogens is 2. The molecule has 0 saturated carbocycles. The summed E-state index contributed by atoms with van der Waals surface area (Å²) < 4.78 is 40.6. The number of methoxy groups -OCH3 is 1. The highest BCUT2D eigenvalue weighted by Gasteiger charge is 2.47. The topological polar surface area (TPSA) is 91.2 Å².